The van der Waals surface area contributed by atoms with Crippen molar-refractivity contribution in [2.75, 3.05) is 11.1 Å². The lowest BCUT2D eigenvalue weighted by Gasteiger charge is -2.18. The number of nitrogens with two attached hydrogens (primary N) is 1. The van der Waals surface area contributed by atoms with Gasteiger partial charge in [-0.3, -0.25) is 5.41 Å². The van der Waals surface area contributed by atoms with Gasteiger partial charge in [0.15, 0.2) is 0 Å². The third kappa shape index (κ3) is 3.36. The number of nitrogens with zero attached hydrogens (tertiary/aromatic N) is 2. The standard InChI is InChI=1S/C23H22FN5O/c24-15-6-14(8-17(30)9-15)21(25)20-22(26)27-11-28-23(20)29-16-7-13-2-1-3-18(12-4-5-12)19(13)10-16/h1-3,6,8-9,11-12,16,25,30H,4-5,7,10H2,(H3,26,27,28,29). The molecule has 0 radical (unpaired) electrons. The van der Waals surface area contributed by atoms with Gasteiger partial charge in [0.05, 0.1) is 11.3 Å². The average molecular weight is 403 g/mol. The fraction of sp³-hybridized carbons (Fsp3) is 0.261. The molecule has 0 amide bonds. The predicted molar refractivity (Wildman–Crippen MR) is 114 cm³/mol. The van der Waals surface area contributed by atoms with Gasteiger partial charge in [0.2, 0.25) is 0 Å². The van der Waals surface area contributed by atoms with Crippen LogP contribution >= 0.6 is 0 Å². The van der Waals surface area contributed by atoms with Crippen LogP contribution in [0.3, 0.4) is 0 Å². The number of benzene rings is 2. The molecule has 1 atom stereocenters. The fourth-order valence-corrected chi connectivity index (χ4v) is 4.37. The lowest BCUT2D eigenvalue weighted by atomic mass is 10.00. The summed E-state index contributed by atoms with van der Waals surface area (Å²) in [7, 11) is 0. The van der Waals surface area contributed by atoms with Gasteiger partial charge in [0, 0.05) is 17.7 Å². The number of phenolic OH excluding ortho intramolecular Hbond substituents is 1. The minimum Gasteiger partial charge on any atom is -0.508 e. The molecule has 1 fully saturated rings. The van der Waals surface area contributed by atoms with Crippen molar-refractivity contribution >= 4 is 17.3 Å². The molecule has 2 aliphatic carbocycles. The lowest BCUT2D eigenvalue weighted by molar-refractivity contribution is 0.469. The van der Waals surface area contributed by atoms with Gasteiger partial charge in [-0.1, -0.05) is 18.2 Å². The largest absolute Gasteiger partial charge is 0.508 e. The van der Waals surface area contributed by atoms with Crippen LogP contribution < -0.4 is 11.1 Å². The number of aromatic hydroxyl groups is 1. The molecule has 7 heteroatoms. The van der Waals surface area contributed by atoms with Crippen molar-refractivity contribution in [1.29, 1.82) is 5.41 Å². The van der Waals surface area contributed by atoms with E-state index in [-0.39, 0.29) is 28.9 Å². The Balaban J connectivity index is 1.44. The number of halogens is 1. The number of rotatable bonds is 5. The summed E-state index contributed by atoms with van der Waals surface area (Å²) < 4.78 is 13.8. The highest BCUT2D eigenvalue weighted by Gasteiger charge is 2.31. The Labute approximate surface area is 173 Å². The molecule has 3 aromatic rings. The maximum atomic E-state index is 13.8. The number of aromatic nitrogens is 2. The van der Waals surface area contributed by atoms with Crippen molar-refractivity contribution < 1.29 is 9.50 Å². The summed E-state index contributed by atoms with van der Waals surface area (Å²) in [5.74, 6) is 0.396. The van der Waals surface area contributed by atoms with E-state index in [1.807, 2.05) is 0 Å². The van der Waals surface area contributed by atoms with Crippen LogP contribution in [0.1, 0.15) is 46.6 Å². The van der Waals surface area contributed by atoms with Gasteiger partial charge in [0.25, 0.3) is 0 Å². The van der Waals surface area contributed by atoms with E-state index in [9.17, 15) is 9.50 Å². The van der Waals surface area contributed by atoms with Crippen LogP contribution in [0.2, 0.25) is 0 Å². The Morgan fingerprint density at radius 1 is 1.17 bits per heavy atom. The molecule has 152 valence electrons. The molecule has 6 nitrogen and oxygen atoms in total. The molecule has 0 saturated heterocycles. The molecule has 5 N–H and O–H groups in total. The Morgan fingerprint density at radius 2 is 2.00 bits per heavy atom. The summed E-state index contributed by atoms with van der Waals surface area (Å²) in [6.07, 6.45) is 5.64. The van der Waals surface area contributed by atoms with Crippen LogP contribution in [0, 0.1) is 11.2 Å². The SMILES string of the molecule is N=C(c1cc(O)cc(F)c1)c1c(N)ncnc1NC1Cc2cccc(C3CC3)c2C1. The molecule has 1 heterocycles. The van der Waals surface area contributed by atoms with Crippen molar-refractivity contribution in [3.05, 3.63) is 76.4 Å². The predicted octanol–water partition coefficient (Wildman–Crippen LogP) is 3.78. The number of hydrogen-bond acceptors (Lipinski definition) is 6. The van der Waals surface area contributed by atoms with Gasteiger partial charge in [-0.2, -0.15) is 0 Å². The zero-order valence-electron chi connectivity index (χ0n) is 16.3. The Bertz CT molecular complexity index is 1140. The third-order valence-electron chi connectivity index (χ3n) is 5.88. The summed E-state index contributed by atoms with van der Waals surface area (Å²) in [4.78, 5) is 8.35. The van der Waals surface area contributed by atoms with Crippen LogP contribution in [-0.4, -0.2) is 26.8 Å². The first-order chi connectivity index (χ1) is 14.5. The number of hydrogen-bond donors (Lipinski definition) is 4. The molecule has 1 saturated carbocycles. The van der Waals surface area contributed by atoms with Crippen LogP contribution in [0.5, 0.6) is 5.75 Å². The number of nitrogens with one attached hydrogen (secondary N) is 2. The highest BCUT2D eigenvalue weighted by Crippen LogP contribution is 2.44. The van der Waals surface area contributed by atoms with Gasteiger partial charge >= 0.3 is 0 Å². The van der Waals surface area contributed by atoms with E-state index in [0.717, 1.165) is 18.9 Å². The number of fused-ring (bicyclic) bond motifs is 1. The molecular formula is C23H22FN5O. The Morgan fingerprint density at radius 3 is 2.77 bits per heavy atom. The smallest absolute Gasteiger partial charge is 0.141 e. The molecule has 5 rings (SSSR count). The number of anilines is 2. The first-order valence-corrected chi connectivity index (χ1v) is 10.1. The molecule has 0 bridgehead atoms. The molecule has 1 aromatic heterocycles. The van der Waals surface area contributed by atoms with Gasteiger partial charge in [-0.05, 0) is 60.4 Å². The monoisotopic (exact) mass is 403 g/mol. The molecule has 0 spiro atoms. The maximum absolute atomic E-state index is 13.8. The van der Waals surface area contributed by atoms with E-state index < -0.39 is 5.82 Å². The summed E-state index contributed by atoms with van der Waals surface area (Å²) in [6, 6.07) is 10.2. The highest BCUT2D eigenvalue weighted by atomic mass is 19.1. The number of phenols is 1. The van der Waals surface area contributed by atoms with Crippen LogP contribution in [0.4, 0.5) is 16.0 Å². The molecule has 30 heavy (non-hydrogen) atoms. The second-order valence-electron chi connectivity index (χ2n) is 8.06. The summed E-state index contributed by atoms with van der Waals surface area (Å²) in [5.41, 5.74) is 10.8. The van der Waals surface area contributed by atoms with Crippen LogP contribution in [-0.2, 0) is 12.8 Å². The van der Waals surface area contributed by atoms with Crippen molar-refractivity contribution in [3.8, 4) is 5.75 Å². The second kappa shape index (κ2) is 7.09. The van der Waals surface area contributed by atoms with Crippen molar-refractivity contribution in [2.24, 2.45) is 0 Å². The molecule has 2 aromatic carbocycles. The first-order valence-electron chi connectivity index (χ1n) is 10.1. The molecule has 2 aliphatic rings. The van der Waals surface area contributed by atoms with Crippen molar-refractivity contribution in [1.82, 2.24) is 9.97 Å². The average Bonchev–Trinajstić information content (AvgIpc) is 3.46. The second-order valence-corrected chi connectivity index (χ2v) is 8.06. The van der Waals surface area contributed by atoms with Gasteiger partial charge in [0.1, 0.15) is 29.5 Å². The first kappa shape index (κ1) is 18.5. The molecule has 1 unspecified atom stereocenters. The summed E-state index contributed by atoms with van der Waals surface area (Å²) in [6.45, 7) is 0. The van der Waals surface area contributed by atoms with Gasteiger partial charge in [-0.15, -0.1) is 0 Å². The lowest BCUT2D eigenvalue weighted by Crippen LogP contribution is -2.23. The van der Waals surface area contributed by atoms with E-state index in [4.69, 9.17) is 11.1 Å². The van der Waals surface area contributed by atoms with Gasteiger partial charge in [-0.25, -0.2) is 14.4 Å². The quantitative estimate of drug-likeness (QED) is 0.485. The van der Waals surface area contributed by atoms with E-state index >= 15 is 0 Å². The maximum Gasteiger partial charge on any atom is 0.141 e. The van der Waals surface area contributed by atoms with E-state index in [2.05, 4.69) is 33.5 Å². The minimum atomic E-state index is -0.626. The summed E-state index contributed by atoms with van der Waals surface area (Å²) in [5, 5.41) is 21.7. The van der Waals surface area contributed by atoms with E-state index in [1.54, 1.807) is 0 Å². The Kier molecular flexibility index (Phi) is 4.38. The summed E-state index contributed by atoms with van der Waals surface area (Å²) >= 11 is 0. The normalized spacial score (nSPS) is 17.6. The van der Waals surface area contributed by atoms with E-state index in [0.29, 0.717) is 17.3 Å². The number of nitrogen functional groups attached to an aromatic ring is 1. The van der Waals surface area contributed by atoms with Gasteiger partial charge < -0.3 is 16.2 Å². The molecule has 0 aliphatic heterocycles. The zero-order chi connectivity index (χ0) is 20.8. The van der Waals surface area contributed by atoms with Crippen LogP contribution in [0.15, 0.2) is 42.7 Å². The topological polar surface area (TPSA) is 108 Å². The highest BCUT2D eigenvalue weighted by molar-refractivity contribution is 6.16. The minimum absolute atomic E-state index is 0.0421. The molecular weight excluding hydrogens is 381 g/mol. The van der Waals surface area contributed by atoms with Crippen molar-refractivity contribution in [3.63, 3.8) is 0 Å². The van der Waals surface area contributed by atoms with E-state index in [1.165, 1.54) is 48.0 Å². The fourth-order valence-electron chi connectivity index (χ4n) is 4.37. The van der Waals surface area contributed by atoms with Crippen LogP contribution in [0.25, 0.3) is 0 Å². The Hall–Kier alpha value is -3.48. The zero-order valence-corrected chi connectivity index (χ0v) is 16.3. The van der Waals surface area contributed by atoms with Crippen molar-refractivity contribution in [2.45, 2.75) is 37.6 Å². The third-order valence-corrected chi connectivity index (χ3v) is 5.88.